The first-order chi connectivity index (χ1) is 8.31. The van der Waals surface area contributed by atoms with Crippen molar-refractivity contribution in [1.29, 1.82) is 0 Å². The fourth-order valence-electron chi connectivity index (χ4n) is 3.68. The highest BCUT2D eigenvalue weighted by molar-refractivity contribution is 7.09. The molecule has 0 amide bonds. The van der Waals surface area contributed by atoms with Gasteiger partial charge >= 0.3 is 0 Å². The molecule has 0 aromatic carbocycles. The minimum Gasteiger partial charge on any atom is -0.316 e. The normalized spacial score (nSPS) is 34.9. The van der Waals surface area contributed by atoms with Gasteiger partial charge < -0.3 is 5.32 Å². The third kappa shape index (κ3) is 2.58. The minimum atomic E-state index is 0.633. The highest BCUT2D eigenvalue weighted by Crippen LogP contribution is 2.61. The van der Waals surface area contributed by atoms with Crippen molar-refractivity contribution in [3.8, 4) is 0 Å². The van der Waals surface area contributed by atoms with Gasteiger partial charge in [0.2, 0.25) is 0 Å². The lowest BCUT2D eigenvalue weighted by Crippen LogP contribution is -2.33. The van der Waals surface area contributed by atoms with E-state index in [9.17, 15) is 0 Å². The summed E-state index contributed by atoms with van der Waals surface area (Å²) in [5.74, 6) is 2.19. The summed E-state index contributed by atoms with van der Waals surface area (Å²) in [5, 5.41) is 5.81. The highest BCUT2D eigenvalue weighted by atomic mass is 32.1. The van der Waals surface area contributed by atoms with Gasteiger partial charge in [0.05, 0.1) is 0 Å². The molecule has 1 N–H and O–H groups in total. The van der Waals surface area contributed by atoms with Crippen molar-refractivity contribution in [2.75, 3.05) is 13.1 Å². The summed E-state index contributed by atoms with van der Waals surface area (Å²) in [6, 6.07) is 4.48. The molecule has 1 nitrogen and oxygen atoms in total. The van der Waals surface area contributed by atoms with Gasteiger partial charge in [-0.15, -0.1) is 11.3 Å². The van der Waals surface area contributed by atoms with Crippen LogP contribution in [0.1, 0.15) is 37.5 Å². The Kier molecular flexibility index (Phi) is 3.27. The van der Waals surface area contributed by atoms with E-state index in [0.717, 1.165) is 18.4 Å². The van der Waals surface area contributed by atoms with Crippen LogP contribution in [0.15, 0.2) is 17.5 Å². The average molecular weight is 249 g/mol. The molecule has 2 aliphatic rings. The molecular weight excluding hydrogens is 226 g/mol. The molecule has 1 aromatic rings. The zero-order valence-electron chi connectivity index (χ0n) is 10.7. The molecule has 2 heteroatoms. The summed E-state index contributed by atoms with van der Waals surface area (Å²) in [6.07, 6.45) is 7.22. The number of thiophene rings is 1. The van der Waals surface area contributed by atoms with Gasteiger partial charge in [-0.05, 0) is 67.3 Å². The SMILES string of the molecule is CCNCC1(CCc2cccs2)CC2CC2C1. The summed E-state index contributed by atoms with van der Waals surface area (Å²) in [6.45, 7) is 4.60. The van der Waals surface area contributed by atoms with E-state index >= 15 is 0 Å². The largest absolute Gasteiger partial charge is 0.316 e. The summed E-state index contributed by atoms with van der Waals surface area (Å²) in [4.78, 5) is 1.57. The molecule has 1 heterocycles. The van der Waals surface area contributed by atoms with Crippen LogP contribution in [-0.2, 0) is 6.42 Å². The maximum Gasteiger partial charge on any atom is 0.00454 e. The number of nitrogens with one attached hydrogen (secondary N) is 1. The molecule has 2 saturated carbocycles. The van der Waals surface area contributed by atoms with Crippen molar-refractivity contribution in [2.45, 2.75) is 39.0 Å². The standard InChI is InChI=1S/C15H23NS/c1-2-16-11-15(9-12-8-13(12)10-15)6-5-14-4-3-7-17-14/h3-4,7,12-13,16H,2,5-6,8-11H2,1H3. The summed E-state index contributed by atoms with van der Waals surface area (Å²) < 4.78 is 0. The molecule has 2 fully saturated rings. The zero-order chi connectivity index (χ0) is 11.7. The Bertz CT molecular complexity index is 347. The Morgan fingerprint density at radius 2 is 2.24 bits per heavy atom. The maximum atomic E-state index is 3.61. The number of hydrogen-bond acceptors (Lipinski definition) is 2. The first-order valence-corrected chi connectivity index (χ1v) is 7.92. The zero-order valence-corrected chi connectivity index (χ0v) is 11.6. The molecule has 94 valence electrons. The third-order valence-corrected chi connectivity index (χ3v) is 5.63. The fourth-order valence-corrected chi connectivity index (χ4v) is 4.39. The van der Waals surface area contributed by atoms with Crippen LogP contribution in [0.3, 0.4) is 0 Å². The summed E-state index contributed by atoms with van der Waals surface area (Å²) in [7, 11) is 0. The van der Waals surface area contributed by atoms with Crippen molar-refractivity contribution in [2.24, 2.45) is 17.3 Å². The topological polar surface area (TPSA) is 12.0 Å². The van der Waals surface area contributed by atoms with Crippen LogP contribution in [0, 0.1) is 17.3 Å². The van der Waals surface area contributed by atoms with Gasteiger partial charge in [0.15, 0.2) is 0 Å². The van der Waals surface area contributed by atoms with E-state index in [0.29, 0.717) is 5.41 Å². The fraction of sp³-hybridized carbons (Fsp3) is 0.733. The molecule has 0 spiro atoms. The monoisotopic (exact) mass is 249 g/mol. The molecule has 0 bridgehead atoms. The van der Waals surface area contributed by atoms with Crippen LogP contribution >= 0.6 is 11.3 Å². The van der Waals surface area contributed by atoms with Crippen molar-refractivity contribution < 1.29 is 0 Å². The van der Waals surface area contributed by atoms with Crippen molar-refractivity contribution >= 4 is 11.3 Å². The second-order valence-electron chi connectivity index (χ2n) is 6.02. The molecule has 2 aliphatic carbocycles. The number of hydrogen-bond donors (Lipinski definition) is 1. The van der Waals surface area contributed by atoms with Crippen molar-refractivity contribution in [1.82, 2.24) is 5.32 Å². The predicted octanol–water partition coefficient (Wildman–Crippen LogP) is 3.71. The Hall–Kier alpha value is -0.340. The summed E-state index contributed by atoms with van der Waals surface area (Å²) >= 11 is 1.92. The van der Waals surface area contributed by atoms with Gasteiger partial charge in [-0.2, -0.15) is 0 Å². The molecule has 0 radical (unpaired) electrons. The van der Waals surface area contributed by atoms with Gasteiger partial charge in [0.25, 0.3) is 0 Å². The average Bonchev–Trinajstić information content (AvgIpc) is 2.82. The Morgan fingerprint density at radius 3 is 2.88 bits per heavy atom. The van der Waals surface area contributed by atoms with Crippen molar-refractivity contribution in [3.63, 3.8) is 0 Å². The third-order valence-electron chi connectivity index (χ3n) is 4.69. The first kappa shape index (κ1) is 11.7. The van der Waals surface area contributed by atoms with Gasteiger partial charge in [-0.1, -0.05) is 13.0 Å². The number of rotatable bonds is 6. The molecule has 3 rings (SSSR count). The van der Waals surface area contributed by atoms with Crippen LogP contribution < -0.4 is 5.32 Å². The maximum absolute atomic E-state index is 3.61. The van der Waals surface area contributed by atoms with Gasteiger partial charge in [-0.3, -0.25) is 0 Å². The number of fused-ring (bicyclic) bond motifs is 1. The predicted molar refractivity (Wildman–Crippen MR) is 74.4 cm³/mol. The van der Waals surface area contributed by atoms with Crippen LogP contribution in [0.4, 0.5) is 0 Å². The Morgan fingerprint density at radius 1 is 1.41 bits per heavy atom. The van der Waals surface area contributed by atoms with Crippen molar-refractivity contribution in [3.05, 3.63) is 22.4 Å². The van der Waals surface area contributed by atoms with E-state index in [2.05, 4.69) is 29.8 Å². The Balaban J connectivity index is 1.59. The van der Waals surface area contributed by atoms with Gasteiger partial charge in [-0.25, -0.2) is 0 Å². The summed E-state index contributed by atoms with van der Waals surface area (Å²) in [5.41, 5.74) is 0.633. The Labute approximate surface area is 109 Å². The second-order valence-corrected chi connectivity index (χ2v) is 7.06. The molecule has 2 unspecified atom stereocenters. The van der Waals surface area contributed by atoms with E-state index in [1.165, 1.54) is 38.6 Å². The van der Waals surface area contributed by atoms with E-state index < -0.39 is 0 Å². The van der Waals surface area contributed by atoms with E-state index in [1.54, 1.807) is 4.88 Å². The number of aryl methyl sites for hydroxylation is 1. The second kappa shape index (κ2) is 4.74. The van der Waals surface area contributed by atoms with Crippen LogP contribution in [0.25, 0.3) is 0 Å². The quantitative estimate of drug-likeness (QED) is 0.810. The molecular formula is C15H23NS. The molecule has 17 heavy (non-hydrogen) atoms. The first-order valence-electron chi connectivity index (χ1n) is 7.04. The minimum absolute atomic E-state index is 0.633. The molecule has 1 aromatic heterocycles. The molecule has 2 atom stereocenters. The smallest absolute Gasteiger partial charge is 0.00454 e. The van der Waals surface area contributed by atoms with Gasteiger partial charge in [0.1, 0.15) is 0 Å². The van der Waals surface area contributed by atoms with Crippen LogP contribution in [-0.4, -0.2) is 13.1 Å². The highest BCUT2D eigenvalue weighted by Gasteiger charge is 2.52. The lowest BCUT2D eigenvalue weighted by atomic mass is 9.78. The van der Waals surface area contributed by atoms with Gasteiger partial charge in [0, 0.05) is 11.4 Å². The molecule has 0 saturated heterocycles. The van der Waals surface area contributed by atoms with Crippen LogP contribution in [0.5, 0.6) is 0 Å². The van der Waals surface area contributed by atoms with Crippen LogP contribution in [0.2, 0.25) is 0 Å². The lowest BCUT2D eigenvalue weighted by Gasteiger charge is -2.31. The van der Waals surface area contributed by atoms with E-state index in [4.69, 9.17) is 0 Å². The van der Waals surface area contributed by atoms with E-state index in [-0.39, 0.29) is 0 Å². The van der Waals surface area contributed by atoms with E-state index in [1.807, 2.05) is 11.3 Å². The molecule has 0 aliphatic heterocycles. The lowest BCUT2D eigenvalue weighted by molar-refractivity contribution is 0.232.